The molecule has 4 nitrogen and oxygen atoms in total. The SMILES string of the molecule is CC1(C)CN(C(=O)CCOc2ccccc2-c2ccccc2)CCC1N.Cl. The summed E-state index contributed by atoms with van der Waals surface area (Å²) in [7, 11) is 0. The molecule has 0 bridgehead atoms. The molecule has 5 heteroatoms. The Morgan fingerprint density at radius 3 is 2.52 bits per heavy atom. The lowest BCUT2D eigenvalue weighted by molar-refractivity contribution is -0.135. The molecule has 1 saturated heterocycles. The Morgan fingerprint density at radius 2 is 1.81 bits per heavy atom. The van der Waals surface area contributed by atoms with Gasteiger partial charge in [0.1, 0.15) is 5.75 Å². The molecule has 1 aliphatic heterocycles. The van der Waals surface area contributed by atoms with Crippen LogP contribution in [0.3, 0.4) is 0 Å². The summed E-state index contributed by atoms with van der Waals surface area (Å²) in [5.41, 5.74) is 8.29. The van der Waals surface area contributed by atoms with E-state index >= 15 is 0 Å². The number of ether oxygens (including phenoxy) is 1. The molecule has 0 radical (unpaired) electrons. The molecule has 1 unspecified atom stereocenters. The second-order valence-electron chi connectivity index (χ2n) is 7.66. The Hall–Kier alpha value is -2.04. The number of amides is 1. The lowest BCUT2D eigenvalue weighted by Gasteiger charge is -2.42. The first-order chi connectivity index (χ1) is 12.5. The van der Waals surface area contributed by atoms with E-state index in [0.717, 1.165) is 29.8 Å². The fourth-order valence-corrected chi connectivity index (χ4v) is 3.44. The largest absolute Gasteiger partial charge is 0.492 e. The lowest BCUT2D eigenvalue weighted by atomic mass is 9.79. The second-order valence-corrected chi connectivity index (χ2v) is 7.66. The highest BCUT2D eigenvalue weighted by Crippen LogP contribution is 2.30. The molecule has 1 amide bonds. The summed E-state index contributed by atoms with van der Waals surface area (Å²) in [6.07, 6.45) is 1.24. The number of carbonyl (C=O) groups excluding carboxylic acids is 1. The molecule has 146 valence electrons. The van der Waals surface area contributed by atoms with E-state index in [9.17, 15) is 4.79 Å². The van der Waals surface area contributed by atoms with Gasteiger partial charge in [-0.2, -0.15) is 0 Å². The summed E-state index contributed by atoms with van der Waals surface area (Å²) < 4.78 is 5.95. The van der Waals surface area contributed by atoms with Crippen molar-refractivity contribution in [2.45, 2.75) is 32.7 Å². The third-order valence-corrected chi connectivity index (χ3v) is 5.21. The lowest BCUT2D eigenvalue weighted by Crippen LogP contribution is -2.54. The van der Waals surface area contributed by atoms with Gasteiger partial charge in [0.25, 0.3) is 0 Å². The third-order valence-electron chi connectivity index (χ3n) is 5.21. The Balaban J connectivity index is 0.00000261. The summed E-state index contributed by atoms with van der Waals surface area (Å²) in [6, 6.07) is 18.3. The van der Waals surface area contributed by atoms with Gasteiger partial charge < -0.3 is 15.4 Å². The molecule has 0 spiro atoms. The molecule has 3 rings (SSSR count). The number of piperidine rings is 1. The second kappa shape index (κ2) is 9.25. The van der Waals surface area contributed by atoms with Crippen LogP contribution in [0.4, 0.5) is 0 Å². The number of para-hydroxylation sites is 1. The summed E-state index contributed by atoms with van der Waals surface area (Å²) in [5, 5.41) is 0. The molecule has 1 aliphatic rings. The molecule has 0 saturated carbocycles. The van der Waals surface area contributed by atoms with E-state index in [2.05, 4.69) is 26.0 Å². The molecule has 0 aliphatic carbocycles. The van der Waals surface area contributed by atoms with E-state index < -0.39 is 0 Å². The van der Waals surface area contributed by atoms with Crippen LogP contribution in [0.25, 0.3) is 11.1 Å². The van der Waals surface area contributed by atoms with Gasteiger partial charge in [-0.1, -0.05) is 62.4 Å². The molecular weight excluding hydrogens is 360 g/mol. The Kier molecular flexibility index (Phi) is 7.28. The zero-order chi connectivity index (χ0) is 18.6. The molecule has 2 N–H and O–H groups in total. The quantitative estimate of drug-likeness (QED) is 0.837. The summed E-state index contributed by atoms with van der Waals surface area (Å²) in [6.45, 7) is 6.09. The van der Waals surface area contributed by atoms with E-state index in [1.165, 1.54) is 0 Å². The summed E-state index contributed by atoms with van der Waals surface area (Å²) in [5.74, 6) is 0.953. The van der Waals surface area contributed by atoms with Gasteiger partial charge in [0.2, 0.25) is 5.91 Å². The van der Waals surface area contributed by atoms with Crippen molar-refractivity contribution in [3.05, 3.63) is 54.6 Å². The van der Waals surface area contributed by atoms with Gasteiger partial charge >= 0.3 is 0 Å². The maximum Gasteiger partial charge on any atom is 0.226 e. The monoisotopic (exact) mass is 388 g/mol. The zero-order valence-electron chi connectivity index (χ0n) is 16.1. The highest BCUT2D eigenvalue weighted by atomic mass is 35.5. The van der Waals surface area contributed by atoms with E-state index in [-0.39, 0.29) is 29.8 Å². The molecule has 0 aromatic heterocycles. The Morgan fingerprint density at radius 1 is 1.15 bits per heavy atom. The van der Waals surface area contributed by atoms with E-state index in [4.69, 9.17) is 10.5 Å². The summed E-state index contributed by atoms with van der Waals surface area (Å²) in [4.78, 5) is 14.5. The van der Waals surface area contributed by atoms with Crippen molar-refractivity contribution >= 4 is 18.3 Å². The van der Waals surface area contributed by atoms with Crippen molar-refractivity contribution in [2.24, 2.45) is 11.1 Å². The van der Waals surface area contributed by atoms with E-state index in [1.807, 2.05) is 47.4 Å². The first-order valence-electron chi connectivity index (χ1n) is 9.28. The van der Waals surface area contributed by atoms with Crippen molar-refractivity contribution in [3.63, 3.8) is 0 Å². The van der Waals surface area contributed by atoms with Crippen LogP contribution in [-0.4, -0.2) is 36.5 Å². The number of nitrogens with zero attached hydrogens (tertiary/aromatic N) is 1. The van der Waals surface area contributed by atoms with Gasteiger partial charge in [-0.25, -0.2) is 0 Å². The number of benzene rings is 2. The zero-order valence-corrected chi connectivity index (χ0v) is 16.9. The van der Waals surface area contributed by atoms with Crippen LogP contribution in [-0.2, 0) is 4.79 Å². The highest BCUT2D eigenvalue weighted by Gasteiger charge is 2.35. The van der Waals surface area contributed by atoms with Gasteiger partial charge in [-0.05, 0) is 23.5 Å². The standard InChI is InChI=1S/C22H28N2O2.ClH/c1-22(2)16-24(14-12-20(22)23)21(25)13-15-26-19-11-7-6-10-18(19)17-8-4-3-5-9-17;/h3-11,20H,12-16,23H2,1-2H3;1H. The molecule has 27 heavy (non-hydrogen) atoms. The Bertz CT molecular complexity index is 749. The van der Waals surface area contributed by atoms with Crippen molar-refractivity contribution < 1.29 is 9.53 Å². The maximum absolute atomic E-state index is 12.5. The van der Waals surface area contributed by atoms with Gasteiger partial charge in [0.05, 0.1) is 13.0 Å². The normalized spacial score (nSPS) is 18.5. The van der Waals surface area contributed by atoms with Crippen molar-refractivity contribution in [3.8, 4) is 16.9 Å². The summed E-state index contributed by atoms with van der Waals surface area (Å²) >= 11 is 0. The fourth-order valence-electron chi connectivity index (χ4n) is 3.44. The average Bonchev–Trinajstić information content (AvgIpc) is 2.65. The fraction of sp³-hybridized carbons (Fsp3) is 0.409. The predicted octanol–water partition coefficient (Wildman–Crippen LogP) is 4.13. The number of nitrogens with two attached hydrogens (primary N) is 1. The van der Waals surface area contributed by atoms with Crippen LogP contribution in [0.1, 0.15) is 26.7 Å². The third kappa shape index (κ3) is 5.24. The minimum Gasteiger partial charge on any atom is -0.492 e. The maximum atomic E-state index is 12.5. The van der Waals surface area contributed by atoms with E-state index in [0.29, 0.717) is 19.6 Å². The number of hydrogen-bond donors (Lipinski definition) is 1. The number of rotatable bonds is 5. The van der Waals surface area contributed by atoms with Crippen LogP contribution < -0.4 is 10.5 Å². The van der Waals surface area contributed by atoms with Crippen molar-refractivity contribution in [2.75, 3.05) is 19.7 Å². The van der Waals surface area contributed by atoms with Crippen LogP contribution >= 0.6 is 12.4 Å². The minimum atomic E-state index is -0.0331. The number of carbonyl (C=O) groups is 1. The number of likely N-dealkylation sites (tertiary alicyclic amines) is 1. The van der Waals surface area contributed by atoms with Crippen molar-refractivity contribution in [1.82, 2.24) is 4.90 Å². The highest BCUT2D eigenvalue weighted by molar-refractivity contribution is 5.85. The van der Waals surface area contributed by atoms with Crippen LogP contribution in [0, 0.1) is 5.41 Å². The smallest absolute Gasteiger partial charge is 0.226 e. The number of hydrogen-bond acceptors (Lipinski definition) is 3. The van der Waals surface area contributed by atoms with Crippen molar-refractivity contribution in [1.29, 1.82) is 0 Å². The molecular formula is C22H29ClN2O2. The minimum absolute atomic E-state index is 0. The first-order valence-corrected chi connectivity index (χ1v) is 9.28. The molecule has 2 aromatic rings. The van der Waals surface area contributed by atoms with Gasteiger partial charge in [0, 0.05) is 24.7 Å². The Labute approximate surface area is 168 Å². The molecule has 1 fully saturated rings. The first kappa shape index (κ1) is 21.3. The van der Waals surface area contributed by atoms with Gasteiger partial charge in [0.15, 0.2) is 0 Å². The number of halogens is 1. The van der Waals surface area contributed by atoms with Gasteiger partial charge in [-0.3, -0.25) is 4.79 Å². The van der Waals surface area contributed by atoms with Gasteiger partial charge in [-0.15, -0.1) is 12.4 Å². The molecule has 2 aromatic carbocycles. The van der Waals surface area contributed by atoms with Crippen LogP contribution in [0.2, 0.25) is 0 Å². The van der Waals surface area contributed by atoms with Crippen LogP contribution in [0.5, 0.6) is 5.75 Å². The predicted molar refractivity (Wildman–Crippen MR) is 112 cm³/mol. The topological polar surface area (TPSA) is 55.6 Å². The molecule has 1 heterocycles. The van der Waals surface area contributed by atoms with E-state index in [1.54, 1.807) is 0 Å². The molecule has 1 atom stereocenters. The average molecular weight is 389 g/mol. The van der Waals surface area contributed by atoms with Crippen LogP contribution in [0.15, 0.2) is 54.6 Å².